The number of anilines is 2. The summed E-state index contributed by atoms with van der Waals surface area (Å²) in [6, 6.07) is -0.0553. The molecule has 6 nitrogen and oxygen atoms in total. The normalized spacial score (nSPS) is 20.7. The van der Waals surface area contributed by atoms with E-state index in [-0.39, 0.29) is 11.5 Å². The van der Waals surface area contributed by atoms with E-state index >= 15 is 0 Å². The van der Waals surface area contributed by atoms with Crippen LogP contribution in [0.5, 0.6) is 0 Å². The quantitative estimate of drug-likeness (QED) is 0.823. The van der Waals surface area contributed by atoms with E-state index in [9.17, 15) is 9.90 Å². The summed E-state index contributed by atoms with van der Waals surface area (Å²) in [6.45, 7) is 8.00. The molecule has 1 saturated heterocycles. The van der Waals surface area contributed by atoms with E-state index in [0.29, 0.717) is 25.3 Å². The van der Waals surface area contributed by atoms with Gasteiger partial charge in [-0.05, 0) is 16.9 Å². The zero-order valence-corrected chi connectivity index (χ0v) is 12.3. The first-order chi connectivity index (χ1) is 8.80. The number of nitrogen functional groups attached to an aromatic ring is 1. The van der Waals surface area contributed by atoms with Crippen molar-refractivity contribution in [3.8, 4) is 0 Å². The molecule has 2 rings (SSSR count). The molecule has 0 spiro atoms. The predicted molar refractivity (Wildman–Crippen MR) is 76.7 cm³/mol. The molecule has 2 heterocycles. The first-order valence-electron chi connectivity index (χ1n) is 6.25. The third-order valence-corrected chi connectivity index (χ3v) is 4.37. The van der Waals surface area contributed by atoms with Crippen molar-refractivity contribution in [2.45, 2.75) is 26.8 Å². The van der Waals surface area contributed by atoms with Crippen molar-refractivity contribution in [3.63, 3.8) is 0 Å². The molecule has 1 amide bonds. The Labute approximate surface area is 117 Å². The van der Waals surface area contributed by atoms with E-state index < -0.39 is 6.09 Å². The van der Waals surface area contributed by atoms with Crippen LogP contribution in [0, 0.1) is 5.41 Å². The zero-order chi connectivity index (χ0) is 14.2. The van der Waals surface area contributed by atoms with Gasteiger partial charge in [0.1, 0.15) is 5.00 Å². The highest BCUT2D eigenvalue weighted by Gasteiger charge is 2.38. The lowest BCUT2D eigenvalue weighted by Gasteiger charge is -2.46. The lowest BCUT2D eigenvalue weighted by Crippen LogP contribution is -2.59. The SMILES string of the molecule is CC(C)(C)C1CN(c2sncc2N)CCN1C(=O)O. The Hall–Kier alpha value is -1.50. The van der Waals surface area contributed by atoms with Crippen LogP contribution in [0.15, 0.2) is 6.20 Å². The average molecular weight is 284 g/mol. The van der Waals surface area contributed by atoms with E-state index in [1.54, 1.807) is 6.20 Å². The lowest BCUT2D eigenvalue weighted by molar-refractivity contribution is 0.0750. The topological polar surface area (TPSA) is 82.7 Å². The summed E-state index contributed by atoms with van der Waals surface area (Å²) in [6.07, 6.45) is 0.798. The summed E-state index contributed by atoms with van der Waals surface area (Å²) in [5, 5.41) is 10.3. The van der Waals surface area contributed by atoms with Crippen molar-refractivity contribution in [2.24, 2.45) is 5.41 Å². The van der Waals surface area contributed by atoms with Crippen LogP contribution in [0.2, 0.25) is 0 Å². The van der Waals surface area contributed by atoms with E-state index in [1.807, 2.05) is 0 Å². The molecule has 0 saturated carbocycles. The molecule has 1 aliphatic rings. The summed E-state index contributed by atoms with van der Waals surface area (Å²) in [5.41, 5.74) is 6.45. The molecule has 0 aromatic carbocycles. The highest BCUT2D eigenvalue weighted by molar-refractivity contribution is 7.10. The van der Waals surface area contributed by atoms with Crippen molar-refractivity contribution in [3.05, 3.63) is 6.20 Å². The Bertz CT molecular complexity index is 469. The molecule has 1 atom stereocenters. The van der Waals surface area contributed by atoms with E-state index in [0.717, 1.165) is 5.00 Å². The largest absolute Gasteiger partial charge is 0.465 e. The van der Waals surface area contributed by atoms with Crippen LogP contribution in [-0.2, 0) is 0 Å². The second kappa shape index (κ2) is 4.88. The fraction of sp³-hybridized carbons (Fsp3) is 0.667. The number of aromatic nitrogens is 1. The summed E-state index contributed by atoms with van der Waals surface area (Å²) in [5.74, 6) is 0. The molecular formula is C12H20N4O2S. The van der Waals surface area contributed by atoms with Crippen LogP contribution < -0.4 is 10.6 Å². The highest BCUT2D eigenvalue weighted by Crippen LogP contribution is 2.33. The van der Waals surface area contributed by atoms with Crippen molar-refractivity contribution in [2.75, 3.05) is 30.3 Å². The molecule has 1 unspecified atom stereocenters. The van der Waals surface area contributed by atoms with Gasteiger partial charge in [0.2, 0.25) is 0 Å². The number of hydrogen-bond donors (Lipinski definition) is 2. The van der Waals surface area contributed by atoms with Crippen LogP contribution in [0.1, 0.15) is 20.8 Å². The summed E-state index contributed by atoms with van der Waals surface area (Å²) in [4.78, 5) is 15.0. The maximum atomic E-state index is 11.3. The number of nitrogens with zero attached hydrogens (tertiary/aromatic N) is 3. The second-order valence-electron chi connectivity index (χ2n) is 5.89. The van der Waals surface area contributed by atoms with Gasteiger partial charge in [0.15, 0.2) is 0 Å². The van der Waals surface area contributed by atoms with Gasteiger partial charge in [-0.2, -0.15) is 4.37 Å². The van der Waals surface area contributed by atoms with Gasteiger partial charge in [0, 0.05) is 19.6 Å². The lowest BCUT2D eigenvalue weighted by atomic mass is 9.84. The Morgan fingerprint density at radius 3 is 2.68 bits per heavy atom. The fourth-order valence-electron chi connectivity index (χ4n) is 2.42. The highest BCUT2D eigenvalue weighted by atomic mass is 32.1. The van der Waals surface area contributed by atoms with Crippen molar-refractivity contribution >= 4 is 28.3 Å². The Morgan fingerprint density at radius 1 is 1.53 bits per heavy atom. The number of carboxylic acid groups (broad SMARTS) is 1. The van der Waals surface area contributed by atoms with Crippen molar-refractivity contribution < 1.29 is 9.90 Å². The minimum absolute atomic E-state index is 0.0553. The Balaban J connectivity index is 2.22. The molecule has 1 fully saturated rings. The number of amides is 1. The molecule has 0 radical (unpaired) electrons. The number of carbonyl (C=O) groups is 1. The van der Waals surface area contributed by atoms with E-state index in [1.165, 1.54) is 16.4 Å². The zero-order valence-electron chi connectivity index (χ0n) is 11.5. The predicted octanol–water partition coefficient (Wildman–Crippen LogP) is 1.94. The van der Waals surface area contributed by atoms with Crippen LogP contribution in [0.25, 0.3) is 0 Å². The molecule has 106 valence electrons. The molecular weight excluding hydrogens is 264 g/mol. The third-order valence-electron chi connectivity index (χ3n) is 3.49. The molecule has 1 aliphatic heterocycles. The molecule has 0 aliphatic carbocycles. The summed E-state index contributed by atoms with van der Waals surface area (Å²) >= 11 is 1.36. The number of rotatable bonds is 1. The monoisotopic (exact) mass is 284 g/mol. The summed E-state index contributed by atoms with van der Waals surface area (Å²) < 4.78 is 4.08. The molecule has 7 heteroatoms. The first kappa shape index (κ1) is 13.9. The van der Waals surface area contributed by atoms with E-state index in [4.69, 9.17) is 5.73 Å². The minimum atomic E-state index is -0.850. The average Bonchev–Trinajstić information content (AvgIpc) is 2.73. The maximum Gasteiger partial charge on any atom is 0.407 e. The molecule has 0 bridgehead atoms. The molecule has 19 heavy (non-hydrogen) atoms. The van der Waals surface area contributed by atoms with Crippen molar-refractivity contribution in [1.82, 2.24) is 9.27 Å². The van der Waals surface area contributed by atoms with Gasteiger partial charge in [-0.25, -0.2) is 4.79 Å². The van der Waals surface area contributed by atoms with Crippen LogP contribution in [-0.4, -0.2) is 46.1 Å². The maximum absolute atomic E-state index is 11.3. The van der Waals surface area contributed by atoms with Gasteiger partial charge < -0.3 is 20.6 Å². The van der Waals surface area contributed by atoms with E-state index in [2.05, 4.69) is 30.0 Å². The van der Waals surface area contributed by atoms with Gasteiger partial charge in [-0.3, -0.25) is 0 Å². The number of hydrogen-bond acceptors (Lipinski definition) is 5. The van der Waals surface area contributed by atoms with Gasteiger partial charge in [0.25, 0.3) is 0 Å². The van der Waals surface area contributed by atoms with Crippen LogP contribution >= 0.6 is 11.5 Å². The smallest absolute Gasteiger partial charge is 0.407 e. The summed E-state index contributed by atoms with van der Waals surface area (Å²) in [7, 11) is 0. The molecule has 1 aromatic rings. The standard InChI is InChI=1S/C12H20N4O2S/c1-12(2,3)9-7-15(4-5-16(9)11(17)18)10-8(13)6-14-19-10/h6,9H,4-5,7,13H2,1-3H3,(H,17,18). The van der Waals surface area contributed by atoms with Gasteiger partial charge in [-0.15, -0.1) is 0 Å². The van der Waals surface area contributed by atoms with Crippen LogP contribution in [0.3, 0.4) is 0 Å². The fourth-order valence-corrected chi connectivity index (χ4v) is 3.12. The van der Waals surface area contributed by atoms with Gasteiger partial charge >= 0.3 is 6.09 Å². The third kappa shape index (κ3) is 2.75. The van der Waals surface area contributed by atoms with Crippen molar-refractivity contribution in [1.29, 1.82) is 0 Å². The Morgan fingerprint density at radius 2 is 2.21 bits per heavy atom. The number of piperazine rings is 1. The van der Waals surface area contributed by atoms with Gasteiger partial charge in [-0.1, -0.05) is 20.8 Å². The minimum Gasteiger partial charge on any atom is -0.465 e. The van der Waals surface area contributed by atoms with Gasteiger partial charge in [0.05, 0.1) is 17.9 Å². The molecule has 1 aromatic heterocycles. The molecule has 3 N–H and O–H groups in total. The second-order valence-corrected chi connectivity index (χ2v) is 6.67. The first-order valence-corrected chi connectivity index (χ1v) is 7.02. The van der Waals surface area contributed by atoms with Crippen LogP contribution in [0.4, 0.5) is 15.5 Å². The number of nitrogens with two attached hydrogens (primary N) is 1. The Kier molecular flexibility index (Phi) is 3.58.